The van der Waals surface area contributed by atoms with Crippen LogP contribution in [0.1, 0.15) is 15.9 Å². The third-order valence-electron chi connectivity index (χ3n) is 5.01. The van der Waals surface area contributed by atoms with Crippen LogP contribution in [-0.4, -0.2) is 37.3 Å². The van der Waals surface area contributed by atoms with Gasteiger partial charge in [0.1, 0.15) is 5.75 Å². The lowest BCUT2D eigenvalue weighted by Gasteiger charge is -2.04. The average molecular weight is 474 g/mol. The minimum absolute atomic E-state index is 0.209. The maximum Gasteiger partial charge on any atom is 0.229 e. The molecule has 0 saturated carbocycles. The third kappa shape index (κ3) is 5.60. The standard InChI is InChI=1S/C26H23N3O4S/c1-33-24-15-10-20(11-16-24)26-21(18-29(27-26)23-6-4-3-5-7-23)12-17-25(30)19-8-13-22(14-9-19)28-34(2,31)32/h3-18,28H,1-2H3/b17-12+. The summed E-state index contributed by atoms with van der Waals surface area (Å²) in [6, 6.07) is 23.6. The molecule has 0 bridgehead atoms. The number of hydrogen-bond acceptors (Lipinski definition) is 5. The van der Waals surface area contributed by atoms with Crippen molar-refractivity contribution >= 4 is 27.6 Å². The largest absolute Gasteiger partial charge is 0.497 e. The topological polar surface area (TPSA) is 90.3 Å². The van der Waals surface area contributed by atoms with Crippen molar-refractivity contribution in [3.05, 3.63) is 102 Å². The van der Waals surface area contributed by atoms with Crippen LogP contribution in [0.15, 0.2) is 91.1 Å². The summed E-state index contributed by atoms with van der Waals surface area (Å²) in [4.78, 5) is 12.8. The van der Waals surface area contributed by atoms with E-state index in [1.54, 1.807) is 42.1 Å². The van der Waals surface area contributed by atoms with Crippen molar-refractivity contribution in [1.82, 2.24) is 9.78 Å². The summed E-state index contributed by atoms with van der Waals surface area (Å²) in [6.07, 6.45) is 6.16. The van der Waals surface area contributed by atoms with Crippen LogP contribution >= 0.6 is 0 Å². The van der Waals surface area contributed by atoms with Crippen molar-refractivity contribution in [2.45, 2.75) is 0 Å². The predicted octanol–water partition coefficient (Wildman–Crippen LogP) is 4.82. The molecule has 0 fully saturated rings. The molecule has 8 heteroatoms. The molecular formula is C26H23N3O4S. The van der Waals surface area contributed by atoms with E-state index in [1.165, 1.54) is 6.08 Å². The summed E-state index contributed by atoms with van der Waals surface area (Å²) in [7, 11) is -1.77. The van der Waals surface area contributed by atoms with Gasteiger partial charge in [0.25, 0.3) is 0 Å². The van der Waals surface area contributed by atoms with Gasteiger partial charge < -0.3 is 4.74 Å². The van der Waals surface area contributed by atoms with Crippen LogP contribution in [0.4, 0.5) is 5.69 Å². The number of aromatic nitrogens is 2. The molecule has 1 heterocycles. The highest BCUT2D eigenvalue weighted by Crippen LogP contribution is 2.27. The number of nitrogens with zero attached hydrogens (tertiary/aromatic N) is 2. The quantitative estimate of drug-likeness (QED) is 0.293. The first-order valence-corrected chi connectivity index (χ1v) is 12.3. The van der Waals surface area contributed by atoms with Crippen molar-refractivity contribution in [2.24, 2.45) is 0 Å². The first-order valence-electron chi connectivity index (χ1n) is 10.4. The first kappa shape index (κ1) is 23.0. The van der Waals surface area contributed by atoms with E-state index < -0.39 is 10.0 Å². The number of nitrogens with one attached hydrogen (secondary N) is 1. The number of para-hydroxylation sites is 1. The number of allylic oxidation sites excluding steroid dienone is 1. The van der Waals surface area contributed by atoms with Gasteiger partial charge >= 0.3 is 0 Å². The summed E-state index contributed by atoms with van der Waals surface area (Å²) in [6.45, 7) is 0. The number of rotatable bonds is 8. The van der Waals surface area contributed by atoms with E-state index in [0.29, 0.717) is 11.3 Å². The van der Waals surface area contributed by atoms with E-state index in [9.17, 15) is 13.2 Å². The van der Waals surface area contributed by atoms with Gasteiger partial charge in [-0.15, -0.1) is 0 Å². The number of sulfonamides is 1. The highest BCUT2D eigenvalue weighted by molar-refractivity contribution is 7.92. The van der Waals surface area contributed by atoms with Crippen LogP contribution in [0.5, 0.6) is 5.75 Å². The van der Waals surface area contributed by atoms with Crippen molar-refractivity contribution in [2.75, 3.05) is 18.1 Å². The summed E-state index contributed by atoms with van der Waals surface area (Å²) >= 11 is 0. The maximum absolute atomic E-state index is 12.8. The summed E-state index contributed by atoms with van der Waals surface area (Å²) < 4.78 is 32.1. The molecule has 4 aromatic rings. The lowest BCUT2D eigenvalue weighted by molar-refractivity contribution is 0.104. The van der Waals surface area contributed by atoms with Gasteiger partial charge in [0.15, 0.2) is 5.78 Å². The smallest absolute Gasteiger partial charge is 0.229 e. The molecule has 4 rings (SSSR count). The number of anilines is 1. The van der Waals surface area contributed by atoms with Gasteiger partial charge in [0.05, 0.1) is 24.7 Å². The Morgan fingerprint density at radius 3 is 2.26 bits per heavy atom. The number of ether oxygens (including phenoxy) is 1. The second-order valence-corrected chi connectivity index (χ2v) is 9.34. The number of hydrogen-bond donors (Lipinski definition) is 1. The average Bonchev–Trinajstić information content (AvgIpc) is 3.27. The van der Waals surface area contributed by atoms with Crippen LogP contribution in [0, 0.1) is 0 Å². The van der Waals surface area contributed by atoms with E-state index >= 15 is 0 Å². The van der Waals surface area contributed by atoms with Crippen LogP contribution in [0.2, 0.25) is 0 Å². The molecule has 0 amide bonds. The van der Waals surface area contributed by atoms with Crippen LogP contribution in [-0.2, 0) is 10.0 Å². The number of methoxy groups -OCH3 is 1. The molecule has 7 nitrogen and oxygen atoms in total. The molecule has 0 saturated heterocycles. The summed E-state index contributed by atoms with van der Waals surface area (Å²) in [5.74, 6) is 0.534. The molecule has 34 heavy (non-hydrogen) atoms. The summed E-state index contributed by atoms with van der Waals surface area (Å²) in [5, 5.41) is 4.75. The van der Waals surface area contributed by atoms with Crippen molar-refractivity contribution in [3.8, 4) is 22.7 Å². The van der Waals surface area contributed by atoms with E-state index in [1.807, 2.05) is 60.8 Å². The molecule has 0 aliphatic heterocycles. The molecule has 0 aliphatic rings. The fourth-order valence-electron chi connectivity index (χ4n) is 3.37. The van der Waals surface area contributed by atoms with Gasteiger partial charge in [-0.1, -0.05) is 18.2 Å². The molecule has 0 unspecified atom stereocenters. The van der Waals surface area contributed by atoms with Gasteiger partial charge in [0.2, 0.25) is 10.0 Å². The Balaban J connectivity index is 1.64. The SMILES string of the molecule is COc1ccc(-c2nn(-c3ccccc3)cc2/C=C/C(=O)c2ccc(NS(C)(=O)=O)cc2)cc1. The molecule has 0 spiro atoms. The maximum atomic E-state index is 12.8. The molecule has 1 aromatic heterocycles. The Morgan fingerprint density at radius 1 is 0.971 bits per heavy atom. The van der Waals surface area contributed by atoms with Gasteiger partial charge in [-0.25, -0.2) is 13.1 Å². The molecule has 1 N–H and O–H groups in total. The van der Waals surface area contributed by atoms with Crippen LogP contribution in [0.25, 0.3) is 23.0 Å². The van der Waals surface area contributed by atoms with Gasteiger partial charge in [-0.3, -0.25) is 9.52 Å². The highest BCUT2D eigenvalue weighted by Gasteiger charge is 2.12. The van der Waals surface area contributed by atoms with Crippen molar-refractivity contribution in [3.63, 3.8) is 0 Å². The zero-order chi connectivity index (χ0) is 24.1. The second kappa shape index (κ2) is 9.76. The van der Waals surface area contributed by atoms with Crippen molar-refractivity contribution < 1.29 is 17.9 Å². The van der Waals surface area contributed by atoms with Gasteiger partial charge in [-0.2, -0.15) is 5.10 Å². The summed E-state index contributed by atoms with van der Waals surface area (Å²) in [5.41, 5.74) is 4.13. The monoisotopic (exact) mass is 473 g/mol. The zero-order valence-corrected chi connectivity index (χ0v) is 19.5. The van der Waals surface area contributed by atoms with Crippen LogP contribution < -0.4 is 9.46 Å². The Bertz CT molecular complexity index is 1420. The normalized spacial score (nSPS) is 11.5. The Morgan fingerprint density at radius 2 is 1.65 bits per heavy atom. The minimum atomic E-state index is -3.38. The van der Waals surface area contributed by atoms with E-state index in [2.05, 4.69) is 4.72 Å². The molecule has 0 atom stereocenters. The number of carbonyl (C=O) groups is 1. The highest BCUT2D eigenvalue weighted by atomic mass is 32.2. The van der Waals surface area contributed by atoms with E-state index in [0.717, 1.165) is 34.5 Å². The fourth-order valence-corrected chi connectivity index (χ4v) is 3.94. The van der Waals surface area contributed by atoms with Gasteiger partial charge in [-0.05, 0) is 72.8 Å². The Kier molecular flexibility index (Phi) is 6.60. The molecule has 0 radical (unpaired) electrons. The second-order valence-electron chi connectivity index (χ2n) is 7.59. The predicted molar refractivity (Wildman–Crippen MR) is 134 cm³/mol. The van der Waals surface area contributed by atoms with Crippen LogP contribution in [0.3, 0.4) is 0 Å². The molecule has 3 aromatic carbocycles. The van der Waals surface area contributed by atoms with Gasteiger partial charge in [0, 0.05) is 28.6 Å². The lowest BCUT2D eigenvalue weighted by atomic mass is 10.1. The molecular weight excluding hydrogens is 450 g/mol. The minimum Gasteiger partial charge on any atom is -0.497 e. The Labute approximate surface area is 198 Å². The first-order chi connectivity index (χ1) is 16.3. The molecule has 172 valence electrons. The van der Waals surface area contributed by atoms with E-state index in [4.69, 9.17) is 9.84 Å². The zero-order valence-electron chi connectivity index (χ0n) is 18.7. The fraction of sp³-hybridized carbons (Fsp3) is 0.0769. The van der Waals surface area contributed by atoms with Crippen molar-refractivity contribution in [1.29, 1.82) is 0 Å². The lowest BCUT2D eigenvalue weighted by Crippen LogP contribution is -2.09. The number of carbonyl (C=O) groups excluding carboxylic acids is 1. The Hall–Kier alpha value is -4.17. The molecule has 0 aliphatic carbocycles. The number of benzene rings is 3. The third-order valence-corrected chi connectivity index (χ3v) is 5.62. The number of ketones is 1. The van der Waals surface area contributed by atoms with E-state index in [-0.39, 0.29) is 5.78 Å².